The van der Waals surface area contributed by atoms with Crippen LogP contribution in [0.15, 0.2) is 35.5 Å². The van der Waals surface area contributed by atoms with E-state index in [-0.39, 0.29) is 12.5 Å². The number of benzene rings is 1. The molecule has 7 nitrogen and oxygen atoms in total. The van der Waals surface area contributed by atoms with Crippen LogP contribution in [0.4, 0.5) is 0 Å². The molecule has 1 aliphatic rings. The lowest BCUT2D eigenvalue weighted by molar-refractivity contribution is -0.127. The number of hydrogen-bond acceptors (Lipinski definition) is 3. The smallest absolute Gasteiger partial charge is 0.241 e. The third kappa shape index (κ3) is 5.59. The molecular weight excluding hydrogens is 364 g/mol. The maximum absolute atomic E-state index is 12.0. The van der Waals surface area contributed by atoms with E-state index < -0.39 is 0 Å². The number of hydrogen-bond donors (Lipinski definition) is 2. The van der Waals surface area contributed by atoms with Crippen molar-refractivity contribution in [3.05, 3.63) is 52.8 Å². The fourth-order valence-corrected chi connectivity index (χ4v) is 3.66. The predicted octanol–water partition coefficient (Wildman–Crippen LogP) is 1.66. The van der Waals surface area contributed by atoms with Gasteiger partial charge in [0.05, 0.1) is 18.8 Å². The zero-order chi connectivity index (χ0) is 20.8. The van der Waals surface area contributed by atoms with E-state index in [0.717, 1.165) is 36.9 Å². The number of nitrogens with zero attached hydrogens (tertiary/aromatic N) is 4. The van der Waals surface area contributed by atoms with Crippen molar-refractivity contribution in [1.29, 1.82) is 0 Å². The standard InChI is InChI=1S/C22H32N6O/c1-5-20-18(15-28(4)26-20)13-23-22(24-14-21(29)27(2)3)25-19-11-10-16-8-6-7-9-17(16)12-19/h6-9,15,19H,5,10-14H2,1-4H3,(H2,23,24,25). The average Bonchev–Trinajstić information content (AvgIpc) is 3.09. The van der Waals surface area contributed by atoms with Gasteiger partial charge in [-0.15, -0.1) is 0 Å². The quantitative estimate of drug-likeness (QED) is 0.575. The maximum atomic E-state index is 12.0. The first-order valence-electron chi connectivity index (χ1n) is 10.3. The van der Waals surface area contributed by atoms with Gasteiger partial charge in [0, 0.05) is 38.9 Å². The van der Waals surface area contributed by atoms with E-state index in [1.165, 1.54) is 11.1 Å². The first-order chi connectivity index (χ1) is 14.0. The van der Waals surface area contributed by atoms with Gasteiger partial charge in [-0.1, -0.05) is 31.2 Å². The molecular formula is C22H32N6O. The number of amides is 1. The van der Waals surface area contributed by atoms with Crippen LogP contribution in [0.3, 0.4) is 0 Å². The molecule has 1 aliphatic carbocycles. The molecule has 2 aromatic rings. The van der Waals surface area contributed by atoms with Crippen molar-refractivity contribution in [2.24, 2.45) is 12.0 Å². The van der Waals surface area contributed by atoms with Crippen molar-refractivity contribution in [1.82, 2.24) is 25.3 Å². The van der Waals surface area contributed by atoms with Crippen molar-refractivity contribution in [2.75, 3.05) is 20.6 Å². The maximum Gasteiger partial charge on any atom is 0.241 e. The third-order valence-electron chi connectivity index (χ3n) is 5.33. The number of fused-ring (bicyclic) bond motifs is 1. The van der Waals surface area contributed by atoms with E-state index >= 15 is 0 Å². The molecule has 0 radical (unpaired) electrons. The van der Waals surface area contributed by atoms with Crippen LogP contribution in [-0.4, -0.2) is 53.2 Å². The number of guanidine groups is 1. The van der Waals surface area contributed by atoms with Gasteiger partial charge in [0.2, 0.25) is 5.91 Å². The summed E-state index contributed by atoms with van der Waals surface area (Å²) in [6.45, 7) is 2.85. The number of aryl methyl sites for hydroxylation is 3. The van der Waals surface area contributed by atoms with E-state index in [2.05, 4.69) is 46.9 Å². The number of carbonyl (C=O) groups is 1. The number of carbonyl (C=O) groups excluding carboxylic acids is 1. The topological polar surface area (TPSA) is 74.5 Å². The summed E-state index contributed by atoms with van der Waals surface area (Å²) in [4.78, 5) is 18.4. The number of rotatable bonds is 6. The van der Waals surface area contributed by atoms with Crippen LogP contribution in [0.1, 0.15) is 35.7 Å². The molecule has 1 aromatic carbocycles. The van der Waals surface area contributed by atoms with Crippen LogP contribution in [0.5, 0.6) is 0 Å². The summed E-state index contributed by atoms with van der Waals surface area (Å²) < 4.78 is 1.83. The zero-order valence-electron chi connectivity index (χ0n) is 17.9. The second-order valence-electron chi connectivity index (χ2n) is 7.79. The van der Waals surface area contributed by atoms with Gasteiger partial charge in [-0.2, -0.15) is 5.10 Å². The molecule has 0 saturated heterocycles. The third-order valence-corrected chi connectivity index (χ3v) is 5.33. The number of aromatic nitrogens is 2. The van der Waals surface area contributed by atoms with E-state index in [9.17, 15) is 4.79 Å². The Morgan fingerprint density at radius 1 is 1.31 bits per heavy atom. The molecule has 156 valence electrons. The highest BCUT2D eigenvalue weighted by atomic mass is 16.2. The molecule has 1 aromatic heterocycles. The second kappa shape index (κ2) is 9.58. The first-order valence-corrected chi connectivity index (χ1v) is 10.3. The summed E-state index contributed by atoms with van der Waals surface area (Å²) in [6, 6.07) is 8.91. The summed E-state index contributed by atoms with van der Waals surface area (Å²) in [6.07, 6.45) is 5.96. The van der Waals surface area contributed by atoms with Gasteiger partial charge in [-0.3, -0.25) is 9.48 Å². The Morgan fingerprint density at radius 3 is 2.79 bits per heavy atom. The minimum Gasteiger partial charge on any atom is -0.353 e. The molecule has 0 bridgehead atoms. The molecule has 1 heterocycles. The van der Waals surface area contributed by atoms with Gasteiger partial charge in [0.15, 0.2) is 5.96 Å². The van der Waals surface area contributed by atoms with Crippen LogP contribution < -0.4 is 10.6 Å². The molecule has 0 fully saturated rings. The fraction of sp³-hybridized carbons (Fsp3) is 0.500. The summed E-state index contributed by atoms with van der Waals surface area (Å²) in [5.74, 6) is 0.694. The Labute approximate surface area is 173 Å². The van der Waals surface area contributed by atoms with Crippen molar-refractivity contribution in [3.63, 3.8) is 0 Å². The highest BCUT2D eigenvalue weighted by Crippen LogP contribution is 2.21. The van der Waals surface area contributed by atoms with Crippen LogP contribution >= 0.6 is 0 Å². The van der Waals surface area contributed by atoms with Gasteiger partial charge >= 0.3 is 0 Å². The van der Waals surface area contributed by atoms with Crippen molar-refractivity contribution >= 4 is 11.9 Å². The molecule has 0 spiro atoms. The SMILES string of the molecule is CCc1nn(C)cc1CN=C(NCC(=O)N(C)C)NC1CCc2ccccc2C1. The summed E-state index contributed by atoms with van der Waals surface area (Å²) >= 11 is 0. The minimum atomic E-state index is 0.0177. The summed E-state index contributed by atoms with van der Waals surface area (Å²) in [5.41, 5.74) is 5.00. The Bertz CT molecular complexity index is 870. The molecule has 0 saturated carbocycles. The van der Waals surface area contributed by atoms with E-state index in [1.807, 2.05) is 17.9 Å². The summed E-state index contributed by atoms with van der Waals surface area (Å²) in [5, 5.41) is 11.2. The van der Waals surface area contributed by atoms with Gasteiger partial charge in [-0.25, -0.2) is 4.99 Å². The van der Waals surface area contributed by atoms with Gasteiger partial charge in [-0.05, 0) is 36.8 Å². The number of aliphatic imine (C=N–C) groups is 1. The predicted molar refractivity (Wildman–Crippen MR) is 116 cm³/mol. The lowest BCUT2D eigenvalue weighted by atomic mass is 9.88. The van der Waals surface area contributed by atoms with Crippen LogP contribution in [0.25, 0.3) is 0 Å². The van der Waals surface area contributed by atoms with Crippen molar-refractivity contribution in [3.8, 4) is 0 Å². The number of nitrogens with one attached hydrogen (secondary N) is 2. The van der Waals surface area contributed by atoms with Gasteiger partial charge < -0.3 is 15.5 Å². The van der Waals surface area contributed by atoms with Gasteiger partial charge in [0.25, 0.3) is 0 Å². The molecule has 2 N–H and O–H groups in total. The second-order valence-corrected chi connectivity index (χ2v) is 7.79. The van der Waals surface area contributed by atoms with Crippen LogP contribution in [0, 0.1) is 0 Å². The van der Waals surface area contributed by atoms with Crippen molar-refractivity contribution in [2.45, 2.75) is 45.2 Å². The van der Waals surface area contributed by atoms with E-state index in [0.29, 0.717) is 18.5 Å². The first kappa shape index (κ1) is 20.9. The van der Waals surface area contributed by atoms with E-state index in [1.54, 1.807) is 19.0 Å². The largest absolute Gasteiger partial charge is 0.353 e. The van der Waals surface area contributed by atoms with Crippen LogP contribution in [0.2, 0.25) is 0 Å². The average molecular weight is 397 g/mol. The molecule has 1 atom stereocenters. The minimum absolute atomic E-state index is 0.0177. The normalized spacial score (nSPS) is 16.3. The Kier molecular flexibility index (Phi) is 6.90. The molecule has 29 heavy (non-hydrogen) atoms. The highest BCUT2D eigenvalue weighted by Gasteiger charge is 2.19. The Balaban J connectivity index is 1.71. The number of likely N-dealkylation sites (N-methyl/N-ethyl adjacent to an activating group) is 1. The van der Waals surface area contributed by atoms with E-state index in [4.69, 9.17) is 4.99 Å². The lowest BCUT2D eigenvalue weighted by Crippen LogP contribution is -2.48. The Morgan fingerprint density at radius 2 is 2.07 bits per heavy atom. The molecule has 1 amide bonds. The fourth-order valence-electron chi connectivity index (χ4n) is 3.66. The van der Waals surface area contributed by atoms with Crippen molar-refractivity contribution < 1.29 is 4.79 Å². The summed E-state index contributed by atoms with van der Waals surface area (Å²) in [7, 11) is 5.45. The molecule has 0 aliphatic heterocycles. The zero-order valence-corrected chi connectivity index (χ0v) is 17.9. The highest BCUT2D eigenvalue weighted by molar-refractivity contribution is 5.86. The molecule has 7 heteroatoms. The van der Waals surface area contributed by atoms with Crippen LogP contribution in [-0.2, 0) is 37.6 Å². The lowest BCUT2D eigenvalue weighted by Gasteiger charge is -2.27. The monoisotopic (exact) mass is 396 g/mol. The molecule has 1 unspecified atom stereocenters. The Hall–Kier alpha value is -2.83. The van der Waals surface area contributed by atoms with Gasteiger partial charge in [0.1, 0.15) is 0 Å². The molecule has 3 rings (SSSR count).